The third-order valence-corrected chi connectivity index (χ3v) is 4.46. The van der Waals surface area contributed by atoms with Gasteiger partial charge < -0.3 is 19.6 Å². The predicted octanol–water partition coefficient (Wildman–Crippen LogP) is 2.53. The molecular weight excluding hydrogens is 264 g/mol. The molecule has 1 heterocycles. The Morgan fingerprint density at radius 2 is 2.05 bits per heavy atom. The third-order valence-electron chi connectivity index (χ3n) is 4.46. The van der Waals surface area contributed by atoms with Gasteiger partial charge in [0, 0.05) is 24.8 Å². The average molecular weight is 292 g/mol. The average Bonchev–Trinajstić information content (AvgIpc) is 2.48. The van der Waals surface area contributed by atoms with Crippen LogP contribution < -0.4 is 9.64 Å². The van der Waals surface area contributed by atoms with Crippen molar-refractivity contribution in [1.29, 1.82) is 0 Å². The van der Waals surface area contributed by atoms with Crippen molar-refractivity contribution < 1.29 is 9.84 Å². The first kappa shape index (κ1) is 16.1. The predicted molar refractivity (Wildman–Crippen MR) is 87.1 cm³/mol. The van der Waals surface area contributed by atoms with Gasteiger partial charge in [-0.1, -0.05) is 6.07 Å². The van der Waals surface area contributed by atoms with Crippen molar-refractivity contribution in [3.8, 4) is 5.75 Å². The minimum absolute atomic E-state index is 0.531. The summed E-state index contributed by atoms with van der Waals surface area (Å²) >= 11 is 0. The van der Waals surface area contributed by atoms with Gasteiger partial charge in [-0.3, -0.25) is 0 Å². The van der Waals surface area contributed by atoms with Crippen molar-refractivity contribution in [2.75, 3.05) is 45.7 Å². The number of aliphatic hydroxyl groups is 1. The minimum Gasteiger partial charge on any atom is -0.496 e. The Kier molecular flexibility index (Phi) is 5.48. The molecule has 1 aliphatic heterocycles. The van der Waals surface area contributed by atoms with Crippen LogP contribution in [-0.4, -0.2) is 50.8 Å². The van der Waals surface area contributed by atoms with Crippen molar-refractivity contribution in [3.05, 3.63) is 23.8 Å². The zero-order chi connectivity index (χ0) is 15.4. The molecule has 0 radical (unpaired) electrons. The SMILES string of the molecule is COc1cccc(N(C)CC2CCN(C)CC2)c1[C@H](C)O. The number of hydrogen-bond donors (Lipinski definition) is 1. The molecule has 0 amide bonds. The van der Waals surface area contributed by atoms with Crippen molar-refractivity contribution in [2.24, 2.45) is 5.92 Å². The Labute approximate surface area is 128 Å². The summed E-state index contributed by atoms with van der Waals surface area (Å²) in [7, 11) is 5.95. The fraction of sp³-hybridized carbons (Fsp3) is 0.647. The number of anilines is 1. The van der Waals surface area contributed by atoms with E-state index in [1.807, 2.05) is 12.1 Å². The fourth-order valence-corrected chi connectivity index (χ4v) is 3.19. The molecule has 0 bridgehead atoms. The highest BCUT2D eigenvalue weighted by Crippen LogP contribution is 2.34. The number of ether oxygens (including phenoxy) is 1. The molecule has 0 aliphatic carbocycles. The van der Waals surface area contributed by atoms with Gasteiger partial charge in [-0.05, 0) is 58.0 Å². The van der Waals surface area contributed by atoms with E-state index in [1.165, 1.54) is 25.9 Å². The van der Waals surface area contributed by atoms with Crippen LogP contribution in [0.1, 0.15) is 31.4 Å². The molecule has 2 rings (SSSR count). The van der Waals surface area contributed by atoms with E-state index in [-0.39, 0.29) is 0 Å². The Morgan fingerprint density at radius 3 is 2.62 bits per heavy atom. The molecule has 1 aliphatic rings. The van der Waals surface area contributed by atoms with Crippen LogP contribution in [0.25, 0.3) is 0 Å². The molecule has 4 heteroatoms. The van der Waals surface area contributed by atoms with Crippen molar-refractivity contribution in [3.63, 3.8) is 0 Å². The summed E-state index contributed by atoms with van der Waals surface area (Å²) in [4.78, 5) is 4.66. The monoisotopic (exact) mass is 292 g/mol. The van der Waals surface area contributed by atoms with Gasteiger partial charge in [0.25, 0.3) is 0 Å². The van der Waals surface area contributed by atoms with Gasteiger partial charge in [0.1, 0.15) is 5.75 Å². The van der Waals surface area contributed by atoms with Crippen LogP contribution in [0.5, 0.6) is 5.75 Å². The minimum atomic E-state index is -0.531. The second kappa shape index (κ2) is 7.14. The highest BCUT2D eigenvalue weighted by Gasteiger charge is 2.21. The molecule has 0 spiro atoms. The lowest BCUT2D eigenvalue weighted by atomic mass is 9.96. The van der Waals surface area contributed by atoms with Crippen molar-refractivity contribution >= 4 is 5.69 Å². The molecule has 1 fully saturated rings. The van der Waals surface area contributed by atoms with Crippen LogP contribution in [0.2, 0.25) is 0 Å². The van der Waals surface area contributed by atoms with E-state index in [2.05, 4.69) is 30.0 Å². The number of aliphatic hydroxyl groups excluding tert-OH is 1. The number of benzene rings is 1. The lowest BCUT2D eigenvalue weighted by Gasteiger charge is -2.33. The van der Waals surface area contributed by atoms with E-state index in [0.29, 0.717) is 0 Å². The second-order valence-corrected chi connectivity index (χ2v) is 6.20. The summed E-state index contributed by atoms with van der Waals surface area (Å²) in [5.74, 6) is 1.48. The number of nitrogens with zero attached hydrogens (tertiary/aromatic N) is 2. The third kappa shape index (κ3) is 3.89. The van der Waals surface area contributed by atoms with E-state index >= 15 is 0 Å². The molecule has 1 aromatic rings. The highest BCUT2D eigenvalue weighted by molar-refractivity contribution is 5.60. The van der Waals surface area contributed by atoms with Gasteiger partial charge >= 0.3 is 0 Å². The Morgan fingerprint density at radius 1 is 1.38 bits per heavy atom. The molecular formula is C17H28N2O2. The van der Waals surface area contributed by atoms with Gasteiger partial charge in [-0.25, -0.2) is 0 Å². The number of piperidine rings is 1. The molecule has 21 heavy (non-hydrogen) atoms. The van der Waals surface area contributed by atoms with Gasteiger partial charge in [0.2, 0.25) is 0 Å². The molecule has 0 saturated carbocycles. The van der Waals surface area contributed by atoms with Crippen LogP contribution >= 0.6 is 0 Å². The van der Waals surface area contributed by atoms with E-state index in [1.54, 1.807) is 14.0 Å². The second-order valence-electron chi connectivity index (χ2n) is 6.20. The van der Waals surface area contributed by atoms with Crippen LogP contribution in [0.3, 0.4) is 0 Å². The summed E-state index contributed by atoms with van der Waals surface area (Å²) in [5, 5.41) is 10.1. The van der Waals surface area contributed by atoms with E-state index in [0.717, 1.165) is 29.5 Å². The number of rotatable bonds is 5. The normalized spacial score (nSPS) is 18.5. The molecule has 0 aromatic heterocycles. The van der Waals surface area contributed by atoms with E-state index < -0.39 is 6.10 Å². The van der Waals surface area contributed by atoms with E-state index in [9.17, 15) is 5.11 Å². The summed E-state index contributed by atoms with van der Waals surface area (Å²) in [6, 6.07) is 5.97. The van der Waals surface area contributed by atoms with Crippen LogP contribution in [0, 0.1) is 5.92 Å². The summed E-state index contributed by atoms with van der Waals surface area (Å²) in [5.41, 5.74) is 1.96. The Hall–Kier alpha value is -1.26. The van der Waals surface area contributed by atoms with Crippen molar-refractivity contribution in [1.82, 2.24) is 4.90 Å². The van der Waals surface area contributed by atoms with Crippen molar-refractivity contribution in [2.45, 2.75) is 25.9 Å². The standard InChI is InChI=1S/C17H28N2O2/c1-13(20)17-15(6-5-7-16(17)21-4)19(3)12-14-8-10-18(2)11-9-14/h5-7,13-14,20H,8-12H2,1-4H3/t13-/m0/s1. The van der Waals surface area contributed by atoms with Gasteiger partial charge in [0.15, 0.2) is 0 Å². The van der Waals surface area contributed by atoms with Gasteiger partial charge in [-0.2, -0.15) is 0 Å². The maximum absolute atomic E-state index is 10.1. The zero-order valence-electron chi connectivity index (χ0n) is 13.7. The molecule has 1 atom stereocenters. The smallest absolute Gasteiger partial charge is 0.126 e. The van der Waals surface area contributed by atoms with Crippen LogP contribution in [-0.2, 0) is 0 Å². The summed E-state index contributed by atoms with van der Waals surface area (Å²) in [6.07, 6.45) is 1.96. The number of hydrogen-bond acceptors (Lipinski definition) is 4. The highest BCUT2D eigenvalue weighted by atomic mass is 16.5. The van der Waals surface area contributed by atoms with Crippen LogP contribution in [0.15, 0.2) is 18.2 Å². The molecule has 1 aromatic carbocycles. The van der Waals surface area contributed by atoms with Gasteiger partial charge in [0.05, 0.1) is 13.2 Å². The fourth-order valence-electron chi connectivity index (χ4n) is 3.19. The zero-order valence-corrected chi connectivity index (χ0v) is 13.7. The quantitative estimate of drug-likeness (QED) is 0.904. The summed E-state index contributed by atoms with van der Waals surface area (Å²) < 4.78 is 5.41. The summed E-state index contributed by atoms with van der Waals surface area (Å²) in [6.45, 7) is 5.19. The van der Waals surface area contributed by atoms with Crippen LogP contribution in [0.4, 0.5) is 5.69 Å². The number of likely N-dealkylation sites (tertiary alicyclic amines) is 1. The first-order chi connectivity index (χ1) is 10.0. The molecule has 1 N–H and O–H groups in total. The molecule has 118 valence electrons. The molecule has 1 saturated heterocycles. The first-order valence-electron chi connectivity index (χ1n) is 7.77. The Balaban J connectivity index is 2.13. The largest absolute Gasteiger partial charge is 0.496 e. The number of methoxy groups -OCH3 is 1. The molecule has 4 nitrogen and oxygen atoms in total. The lowest BCUT2D eigenvalue weighted by molar-refractivity contribution is 0.194. The topological polar surface area (TPSA) is 35.9 Å². The first-order valence-corrected chi connectivity index (χ1v) is 7.77. The van der Waals surface area contributed by atoms with E-state index in [4.69, 9.17) is 4.74 Å². The van der Waals surface area contributed by atoms with Gasteiger partial charge in [-0.15, -0.1) is 0 Å². The lowest BCUT2D eigenvalue weighted by Crippen LogP contribution is -2.36. The Bertz CT molecular complexity index is 454. The molecule has 0 unspecified atom stereocenters. The maximum atomic E-state index is 10.1. The maximum Gasteiger partial charge on any atom is 0.126 e.